The molecule has 0 amide bonds. The number of nitrogens with zero attached hydrogens (tertiary/aromatic N) is 2. The highest BCUT2D eigenvalue weighted by Gasteiger charge is 2.37. The van der Waals surface area contributed by atoms with Crippen LogP contribution in [-0.2, 0) is 12.4 Å². The van der Waals surface area contributed by atoms with Crippen LogP contribution < -0.4 is 19.9 Å². The fraction of sp³-hybridized carbons (Fsp3) is 0.217. The number of alkyl halides is 6. The SMILES string of the molecule is COc1ccc(-c2cc(-c3cc(C(F)(F)F)cc(C(F)(F)F)c3)nc(N)c2C#N)c(OC)c1OC. The molecule has 2 aromatic carbocycles. The molecule has 1 aromatic heterocycles. The molecule has 6 nitrogen and oxygen atoms in total. The number of hydrogen-bond donors (Lipinski definition) is 1. The minimum Gasteiger partial charge on any atom is -0.493 e. The molecular weight excluding hydrogens is 480 g/mol. The van der Waals surface area contributed by atoms with Gasteiger partial charge in [-0.25, -0.2) is 4.98 Å². The van der Waals surface area contributed by atoms with Gasteiger partial charge in [0.2, 0.25) is 5.75 Å². The second kappa shape index (κ2) is 9.25. The van der Waals surface area contributed by atoms with E-state index in [4.69, 9.17) is 19.9 Å². The molecule has 0 aliphatic heterocycles. The van der Waals surface area contributed by atoms with E-state index in [2.05, 4.69) is 4.98 Å². The number of hydrogen-bond acceptors (Lipinski definition) is 6. The minimum absolute atomic E-state index is 0.00871. The van der Waals surface area contributed by atoms with Gasteiger partial charge in [0.05, 0.1) is 38.2 Å². The van der Waals surface area contributed by atoms with E-state index in [1.807, 2.05) is 6.07 Å². The molecule has 35 heavy (non-hydrogen) atoms. The van der Waals surface area contributed by atoms with Gasteiger partial charge in [-0.15, -0.1) is 0 Å². The Bertz CT molecular complexity index is 1280. The molecule has 0 atom stereocenters. The second-order valence-corrected chi connectivity index (χ2v) is 7.10. The smallest absolute Gasteiger partial charge is 0.416 e. The maximum Gasteiger partial charge on any atom is 0.416 e. The molecule has 0 radical (unpaired) electrons. The topological polar surface area (TPSA) is 90.4 Å². The molecule has 0 bridgehead atoms. The Balaban J connectivity index is 2.37. The number of pyridine rings is 1. The number of aromatic nitrogens is 1. The maximum atomic E-state index is 13.3. The van der Waals surface area contributed by atoms with Crippen LogP contribution in [0.1, 0.15) is 16.7 Å². The molecule has 12 heteroatoms. The van der Waals surface area contributed by atoms with Crippen molar-refractivity contribution in [2.24, 2.45) is 0 Å². The fourth-order valence-electron chi connectivity index (χ4n) is 3.46. The number of nitrogen functional groups attached to an aromatic ring is 1. The van der Waals surface area contributed by atoms with E-state index in [1.165, 1.54) is 33.5 Å². The quantitative estimate of drug-likeness (QED) is 0.440. The molecule has 0 fully saturated rings. The summed E-state index contributed by atoms with van der Waals surface area (Å²) in [5.41, 5.74) is 2.17. The Morgan fingerprint density at radius 3 is 1.83 bits per heavy atom. The van der Waals surface area contributed by atoms with Crippen LogP contribution in [0.2, 0.25) is 0 Å². The first-order valence-corrected chi connectivity index (χ1v) is 9.65. The number of nitriles is 1. The van der Waals surface area contributed by atoms with Gasteiger partial charge >= 0.3 is 12.4 Å². The van der Waals surface area contributed by atoms with Gasteiger partial charge in [0.25, 0.3) is 0 Å². The van der Waals surface area contributed by atoms with E-state index in [9.17, 15) is 31.6 Å². The van der Waals surface area contributed by atoms with Crippen LogP contribution >= 0.6 is 0 Å². The number of halogens is 6. The Morgan fingerprint density at radius 1 is 0.800 bits per heavy atom. The van der Waals surface area contributed by atoms with Crippen molar-refractivity contribution >= 4 is 5.82 Å². The van der Waals surface area contributed by atoms with Gasteiger partial charge in [-0.1, -0.05) is 0 Å². The van der Waals surface area contributed by atoms with Crippen LogP contribution in [0.15, 0.2) is 36.4 Å². The zero-order chi connectivity index (χ0) is 26.1. The molecule has 3 rings (SSSR count). The Hall–Kier alpha value is -4.14. The van der Waals surface area contributed by atoms with Crippen molar-refractivity contribution in [3.8, 4) is 45.7 Å². The molecule has 1 heterocycles. The van der Waals surface area contributed by atoms with Crippen molar-refractivity contribution in [1.29, 1.82) is 5.26 Å². The highest BCUT2D eigenvalue weighted by atomic mass is 19.4. The highest BCUT2D eigenvalue weighted by Crippen LogP contribution is 2.46. The van der Waals surface area contributed by atoms with E-state index in [0.29, 0.717) is 12.1 Å². The zero-order valence-electron chi connectivity index (χ0n) is 18.4. The molecule has 0 unspecified atom stereocenters. The third-order valence-electron chi connectivity index (χ3n) is 5.04. The zero-order valence-corrected chi connectivity index (χ0v) is 18.4. The monoisotopic (exact) mass is 497 g/mol. The molecule has 0 aliphatic rings. The Kier molecular flexibility index (Phi) is 6.73. The predicted molar refractivity (Wildman–Crippen MR) is 114 cm³/mol. The summed E-state index contributed by atoms with van der Waals surface area (Å²) in [5.74, 6) is 0.121. The summed E-state index contributed by atoms with van der Waals surface area (Å²) in [6, 6.07) is 7.04. The summed E-state index contributed by atoms with van der Waals surface area (Å²) in [6.45, 7) is 0. The van der Waals surface area contributed by atoms with Crippen molar-refractivity contribution in [3.05, 3.63) is 53.1 Å². The molecule has 184 valence electrons. The standard InChI is InChI=1S/C23H17F6N3O3/c1-33-18-5-4-14(19(34-2)20(18)35-3)15-9-17(32-21(31)16(15)10-30)11-6-12(22(24,25)26)8-13(7-11)23(27,28)29/h4-9H,1-3H3,(H2,31,32). The Morgan fingerprint density at radius 2 is 1.37 bits per heavy atom. The lowest BCUT2D eigenvalue weighted by molar-refractivity contribution is -0.143. The van der Waals surface area contributed by atoms with Crippen LogP contribution in [0.5, 0.6) is 17.2 Å². The van der Waals surface area contributed by atoms with Gasteiger partial charge in [0, 0.05) is 16.7 Å². The summed E-state index contributed by atoms with van der Waals surface area (Å²) in [5, 5.41) is 9.65. The van der Waals surface area contributed by atoms with Gasteiger partial charge in [0.1, 0.15) is 17.5 Å². The van der Waals surface area contributed by atoms with E-state index < -0.39 is 34.9 Å². The van der Waals surface area contributed by atoms with Crippen molar-refractivity contribution in [2.45, 2.75) is 12.4 Å². The summed E-state index contributed by atoms with van der Waals surface area (Å²) < 4.78 is 96.0. The molecule has 0 saturated heterocycles. The third kappa shape index (κ3) is 4.89. The summed E-state index contributed by atoms with van der Waals surface area (Å²) in [4.78, 5) is 3.90. The third-order valence-corrected chi connectivity index (χ3v) is 5.04. The number of methoxy groups -OCH3 is 3. The lowest BCUT2D eigenvalue weighted by Gasteiger charge is -2.18. The van der Waals surface area contributed by atoms with E-state index in [-0.39, 0.29) is 45.7 Å². The first kappa shape index (κ1) is 25.5. The van der Waals surface area contributed by atoms with E-state index >= 15 is 0 Å². The summed E-state index contributed by atoms with van der Waals surface area (Å²) >= 11 is 0. The van der Waals surface area contributed by atoms with Crippen LogP contribution in [0, 0.1) is 11.3 Å². The van der Waals surface area contributed by atoms with Crippen molar-refractivity contribution < 1.29 is 40.6 Å². The van der Waals surface area contributed by atoms with E-state index in [1.54, 1.807) is 0 Å². The molecule has 0 aliphatic carbocycles. The van der Waals surface area contributed by atoms with Crippen LogP contribution in [0.3, 0.4) is 0 Å². The normalized spacial score (nSPS) is 11.7. The number of benzene rings is 2. The Labute approximate surface area is 195 Å². The number of anilines is 1. The van der Waals surface area contributed by atoms with Crippen molar-refractivity contribution in [2.75, 3.05) is 27.1 Å². The number of rotatable bonds is 5. The predicted octanol–water partition coefficient (Wildman–Crippen LogP) is 5.93. The van der Waals surface area contributed by atoms with Crippen molar-refractivity contribution in [1.82, 2.24) is 4.98 Å². The summed E-state index contributed by atoms with van der Waals surface area (Å²) in [7, 11) is 4.02. The fourth-order valence-corrected chi connectivity index (χ4v) is 3.46. The van der Waals surface area contributed by atoms with Crippen LogP contribution in [0.25, 0.3) is 22.4 Å². The van der Waals surface area contributed by atoms with Gasteiger partial charge in [0.15, 0.2) is 11.5 Å². The first-order valence-electron chi connectivity index (χ1n) is 9.65. The van der Waals surface area contributed by atoms with Crippen molar-refractivity contribution in [3.63, 3.8) is 0 Å². The maximum absolute atomic E-state index is 13.3. The van der Waals surface area contributed by atoms with Gasteiger partial charge in [-0.2, -0.15) is 31.6 Å². The number of nitrogens with two attached hydrogens (primary N) is 1. The lowest BCUT2D eigenvalue weighted by atomic mass is 9.95. The largest absolute Gasteiger partial charge is 0.493 e. The molecule has 0 saturated carbocycles. The van der Waals surface area contributed by atoms with E-state index in [0.717, 1.165) is 6.07 Å². The molecule has 2 N–H and O–H groups in total. The number of ether oxygens (including phenoxy) is 3. The second-order valence-electron chi connectivity index (χ2n) is 7.10. The van der Waals surface area contributed by atoms with Gasteiger partial charge in [-0.05, 0) is 36.4 Å². The highest BCUT2D eigenvalue weighted by molar-refractivity contribution is 5.85. The van der Waals surface area contributed by atoms with Gasteiger partial charge < -0.3 is 19.9 Å². The summed E-state index contributed by atoms with van der Waals surface area (Å²) in [6.07, 6.45) is -10.1. The molecule has 3 aromatic rings. The minimum atomic E-state index is -5.05. The van der Waals surface area contributed by atoms with Crippen LogP contribution in [0.4, 0.5) is 32.2 Å². The molecular formula is C23H17F6N3O3. The molecule has 0 spiro atoms. The average molecular weight is 497 g/mol. The average Bonchev–Trinajstić information content (AvgIpc) is 2.80. The lowest BCUT2D eigenvalue weighted by Crippen LogP contribution is -2.11. The van der Waals surface area contributed by atoms with Gasteiger partial charge in [-0.3, -0.25) is 0 Å². The van der Waals surface area contributed by atoms with Crippen LogP contribution in [-0.4, -0.2) is 26.3 Å². The first-order chi connectivity index (χ1) is 16.3.